The van der Waals surface area contributed by atoms with Gasteiger partial charge in [0.2, 0.25) is 22.5 Å². The Morgan fingerprint density at radius 3 is 2.30 bits per heavy atom. The van der Waals surface area contributed by atoms with Gasteiger partial charge in [0, 0.05) is 44.9 Å². The number of benzene rings is 2. The lowest BCUT2D eigenvalue weighted by atomic mass is 9.99. The van der Waals surface area contributed by atoms with Crippen molar-refractivity contribution in [3.05, 3.63) is 42.5 Å². The number of carbonyl (C=O) groups excluding carboxylic acids is 1. The fourth-order valence-electron chi connectivity index (χ4n) is 5.19. The number of amides is 1. The Kier molecular flexibility index (Phi) is 7.87. The molecular weight excluding hydrogens is 496 g/mol. The molecule has 10 heteroatoms. The van der Waals surface area contributed by atoms with Crippen molar-refractivity contribution in [2.75, 3.05) is 46.2 Å². The Morgan fingerprint density at radius 2 is 1.59 bits per heavy atom. The van der Waals surface area contributed by atoms with Gasteiger partial charge in [-0.05, 0) is 69.0 Å². The van der Waals surface area contributed by atoms with Gasteiger partial charge in [-0.15, -0.1) is 0 Å². The van der Waals surface area contributed by atoms with Crippen LogP contribution in [0.15, 0.2) is 52.3 Å². The van der Waals surface area contributed by atoms with Crippen molar-refractivity contribution < 1.29 is 32.2 Å². The van der Waals surface area contributed by atoms with Crippen molar-refractivity contribution in [3.8, 4) is 17.2 Å². The Hall–Kier alpha value is -2.82. The van der Waals surface area contributed by atoms with E-state index in [9.17, 15) is 13.2 Å². The third kappa shape index (κ3) is 5.86. The number of likely N-dealkylation sites (tertiary alicyclic amines) is 2. The minimum atomic E-state index is -3.67. The monoisotopic (exact) mass is 530 g/mol. The van der Waals surface area contributed by atoms with Crippen LogP contribution in [0.1, 0.15) is 32.6 Å². The lowest BCUT2D eigenvalue weighted by Gasteiger charge is -2.41. The zero-order valence-electron chi connectivity index (χ0n) is 21.1. The molecule has 1 amide bonds. The molecule has 0 bridgehead atoms. The summed E-state index contributed by atoms with van der Waals surface area (Å²) in [4.78, 5) is 17.0. The summed E-state index contributed by atoms with van der Waals surface area (Å²) < 4.78 is 48.1. The molecule has 2 saturated heterocycles. The molecule has 0 aromatic heterocycles. The molecule has 3 heterocycles. The Labute approximate surface area is 218 Å². The first kappa shape index (κ1) is 25.8. The van der Waals surface area contributed by atoms with Crippen LogP contribution in [0, 0.1) is 0 Å². The molecule has 3 aliphatic heterocycles. The largest absolute Gasteiger partial charge is 0.490 e. The van der Waals surface area contributed by atoms with E-state index >= 15 is 0 Å². The molecule has 0 radical (unpaired) electrons. The first-order valence-corrected chi connectivity index (χ1v) is 14.4. The summed E-state index contributed by atoms with van der Waals surface area (Å²) in [7, 11) is -3.67. The molecule has 0 saturated carbocycles. The van der Waals surface area contributed by atoms with Crippen LogP contribution in [0.4, 0.5) is 0 Å². The van der Waals surface area contributed by atoms with Gasteiger partial charge in [0.1, 0.15) is 18.5 Å². The molecule has 0 atom stereocenters. The van der Waals surface area contributed by atoms with E-state index in [0.717, 1.165) is 51.9 Å². The van der Waals surface area contributed by atoms with E-state index in [0.29, 0.717) is 29.9 Å². The van der Waals surface area contributed by atoms with Gasteiger partial charge in [0.25, 0.3) is 0 Å². The number of nitrogens with zero attached hydrogens (tertiary/aromatic N) is 2. The minimum Gasteiger partial charge on any atom is -0.490 e. The van der Waals surface area contributed by atoms with Crippen molar-refractivity contribution in [2.24, 2.45) is 0 Å². The van der Waals surface area contributed by atoms with Crippen LogP contribution < -0.4 is 14.2 Å². The van der Waals surface area contributed by atoms with Gasteiger partial charge < -0.3 is 23.8 Å². The Morgan fingerprint density at radius 1 is 0.919 bits per heavy atom. The van der Waals surface area contributed by atoms with Crippen LogP contribution in [0.5, 0.6) is 17.2 Å². The molecule has 2 aromatic carbocycles. The summed E-state index contributed by atoms with van der Waals surface area (Å²) in [5.74, 6) is 1.74. The molecule has 2 fully saturated rings. The number of fused-ring (bicyclic) bond motifs is 1. The molecule has 0 aliphatic carbocycles. The highest BCUT2D eigenvalue weighted by Crippen LogP contribution is 2.35. The van der Waals surface area contributed by atoms with Gasteiger partial charge in [0.05, 0.1) is 9.79 Å². The number of hydrogen-bond donors (Lipinski definition) is 0. The topological polar surface area (TPSA) is 94.6 Å². The van der Waals surface area contributed by atoms with Crippen LogP contribution >= 0.6 is 0 Å². The summed E-state index contributed by atoms with van der Waals surface area (Å²) in [6.07, 6.45) is 3.91. The number of carbonyl (C=O) groups is 1. The van der Waals surface area contributed by atoms with Crippen LogP contribution in [0.2, 0.25) is 0 Å². The molecule has 200 valence electrons. The third-order valence-corrected chi connectivity index (χ3v) is 9.10. The second-order valence-electron chi connectivity index (χ2n) is 9.59. The van der Waals surface area contributed by atoms with E-state index in [1.807, 2.05) is 11.8 Å². The summed E-state index contributed by atoms with van der Waals surface area (Å²) in [6.45, 7) is 6.22. The molecular formula is C27H34N2O7S. The highest BCUT2D eigenvalue weighted by atomic mass is 32.2. The highest BCUT2D eigenvalue weighted by molar-refractivity contribution is 7.91. The zero-order valence-corrected chi connectivity index (χ0v) is 22.0. The normalized spacial score (nSPS) is 19.2. The fourth-order valence-corrected chi connectivity index (χ4v) is 6.47. The predicted molar refractivity (Wildman–Crippen MR) is 136 cm³/mol. The number of hydrogen-bond acceptors (Lipinski definition) is 8. The lowest BCUT2D eigenvalue weighted by molar-refractivity contribution is -0.137. The first-order chi connectivity index (χ1) is 17.9. The maximum atomic E-state index is 13.1. The summed E-state index contributed by atoms with van der Waals surface area (Å²) in [5, 5.41) is 0. The average molecular weight is 531 g/mol. The zero-order chi connectivity index (χ0) is 25.8. The number of ether oxygens (including phenoxy) is 4. The quantitative estimate of drug-likeness (QED) is 0.514. The summed E-state index contributed by atoms with van der Waals surface area (Å²) in [5.41, 5.74) is 0. The van der Waals surface area contributed by atoms with Gasteiger partial charge in [-0.3, -0.25) is 9.69 Å². The van der Waals surface area contributed by atoms with Gasteiger partial charge in [-0.25, -0.2) is 8.42 Å². The predicted octanol–water partition coefficient (Wildman–Crippen LogP) is 3.12. The van der Waals surface area contributed by atoms with Crippen molar-refractivity contribution in [1.29, 1.82) is 0 Å². The van der Waals surface area contributed by atoms with Crippen molar-refractivity contribution in [2.45, 2.75) is 54.5 Å². The second-order valence-corrected chi connectivity index (χ2v) is 11.5. The van der Waals surface area contributed by atoms with Crippen LogP contribution in [0.25, 0.3) is 0 Å². The van der Waals surface area contributed by atoms with Gasteiger partial charge in [-0.1, -0.05) is 0 Å². The first-order valence-electron chi connectivity index (χ1n) is 12.9. The van der Waals surface area contributed by atoms with E-state index in [2.05, 4.69) is 4.90 Å². The van der Waals surface area contributed by atoms with Crippen LogP contribution in [-0.2, 0) is 19.4 Å². The van der Waals surface area contributed by atoms with Crippen LogP contribution in [0.3, 0.4) is 0 Å². The summed E-state index contributed by atoms with van der Waals surface area (Å²) >= 11 is 0. The maximum Gasteiger partial charge on any atom is 0.248 e. The molecule has 0 N–H and O–H groups in total. The number of piperidine rings is 2. The Bertz CT molecular complexity index is 1190. The second kappa shape index (κ2) is 11.3. The molecule has 2 aromatic rings. The standard InChI is InChI=1S/C27H34N2O7S/c1-2-33-18-27(30)29-13-9-20(10-14-29)28-15-11-22(12-16-28)36-21-3-5-23(6-4-21)37(31,32)24-7-8-25-26(17-24)35-19-34-25/h3-8,17,20,22H,2,9-16,18-19H2,1H3. The number of sulfone groups is 1. The van der Waals surface area contributed by atoms with E-state index in [1.54, 1.807) is 30.3 Å². The van der Waals surface area contributed by atoms with E-state index in [-0.39, 0.29) is 35.2 Å². The van der Waals surface area contributed by atoms with E-state index in [1.165, 1.54) is 12.1 Å². The van der Waals surface area contributed by atoms with Gasteiger partial charge >= 0.3 is 0 Å². The molecule has 0 spiro atoms. The van der Waals surface area contributed by atoms with Crippen LogP contribution in [-0.4, -0.2) is 82.5 Å². The molecule has 9 nitrogen and oxygen atoms in total. The highest BCUT2D eigenvalue weighted by Gasteiger charge is 2.30. The molecule has 5 rings (SSSR count). The number of rotatable bonds is 8. The van der Waals surface area contributed by atoms with Crippen molar-refractivity contribution in [1.82, 2.24) is 9.80 Å². The molecule has 0 unspecified atom stereocenters. The van der Waals surface area contributed by atoms with Gasteiger partial charge in [-0.2, -0.15) is 0 Å². The van der Waals surface area contributed by atoms with E-state index in [4.69, 9.17) is 18.9 Å². The third-order valence-electron chi connectivity index (χ3n) is 7.33. The molecule has 37 heavy (non-hydrogen) atoms. The van der Waals surface area contributed by atoms with Crippen molar-refractivity contribution in [3.63, 3.8) is 0 Å². The van der Waals surface area contributed by atoms with Crippen molar-refractivity contribution >= 4 is 15.7 Å². The molecule has 3 aliphatic rings. The lowest BCUT2D eigenvalue weighted by Crippen LogP contribution is -2.50. The minimum absolute atomic E-state index is 0.0853. The fraction of sp³-hybridized carbons (Fsp3) is 0.519. The SMILES string of the molecule is CCOCC(=O)N1CCC(N2CCC(Oc3ccc(S(=O)(=O)c4ccc5c(c4)OCO5)cc3)CC2)CC1. The Balaban J connectivity index is 1.10. The average Bonchev–Trinajstić information content (AvgIpc) is 3.41. The van der Waals surface area contributed by atoms with E-state index < -0.39 is 9.84 Å². The van der Waals surface area contributed by atoms with Gasteiger partial charge in [0.15, 0.2) is 11.5 Å². The maximum absolute atomic E-state index is 13.1. The summed E-state index contributed by atoms with van der Waals surface area (Å²) in [6, 6.07) is 11.8. The smallest absolute Gasteiger partial charge is 0.248 e.